The minimum Gasteiger partial charge on any atom is -0.342 e. The molecule has 0 aliphatic carbocycles. The van der Waals surface area contributed by atoms with Crippen LogP contribution in [0.15, 0.2) is 24.3 Å². The van der Waals surface area contributed by atoms with Gasteiger partial charge < -0.3 is 4.90 Å². The van der Waals surface area contributed by atoms with Crippen molar-refractivity contribution in [3.05, 3.63) is 42.3 Å². The molecule has 1 aliphatic heterocycles. The van der Waals surface area contributed by atoms with E-state index in [-0.39, 0.29) is 11.8 Å². The Balaban J connectivity index is 2.17. The van der Waals surface area contributed by atoms with Gasteiger partial charge in [-0.2, -0.15) is 13.2 Å². The molecule has 2 rings (SSSR count). The minimum absolute atomic E-state index is 0.0757. The van der Waals surface area contributed by atoms with Gasteiger partial charge in [0.25, 0.3) is 0 Å². The fraction of sp³-hybridized carbons (Fsp3) is 0.467. The third-order valence-electron chi connectivity index (χ3n) is 3.99. The maximum absolute atomic E-state index is 12.8. The lowest BCUT2D eigenvalue weighted by atomic mass is 9.74. The third kappa shape index (κ3) is 3.51. The van der Waals surface area contributed by atoms with Crippen LogP contribution in [0.1, 0.15) is 24.0 Å². The third-order valence-corrected chi connectivity index (χ3v) is 4.22. The van der Waals surface area contributed by atoms with Crippen LogP contribution in [0.4, 0.5) is 13.2 Å². The second-order valence-electron chi connectivity index (χ2n) is 5.37. The van der Waals surface area contributed by atoms with Crippen LogP contribution in [0.25, 0.3) is 0 Å². The van der Waals surface area contributed by atoms with E-state index < -0.39 is 17.2 Å². The van der Waals surface area contributed by atoms with Crippen LogP contribution in [0.5, 0.6) is 0 Å². The molecule has 1 saturated heterocycles. The molecule has 1 fully saturated rings. The van der Waals surface area contributed by atoms with Gasteiger partial charge in [0.2, 0.25) is 5.91 Å². The van der Waals surface area contributed by atoms with Crippen molar-refractivity contribution in [2.45, 2.75) is 24.4 Å². The lowest BCUT2D eigenvalue weighted by molar-refractivity contribution is -0.137. The predicted molar refractivity (Wildman–Crippen MR) is 75.0 cm³/mol. The minimum atomic E-state index is -4.36. The van der Waals surface area contributed by atoms with Crippen molar-refractivity contribution in [2.75, 3.05) is 19.0 Å². The first-order chi connectivity index (χ1) is 9.76. The Kier molecular flexibility index (Phi) is 4.51. The number of halogens is 4. The number of alkyl halides is 4. The second-order valence-corrected chi connectivity index (χ2v) is 5.64. The topological polar surface area (TPSA) is 20.3 Å². The van der Waals surface area contributed by atoms with Gasteiger partial charge in [-0.15, -0.1) is 11.6 Å². The molecule has 0 aromatic heterocycles. The highest BCUT2D eigenvalue weighted by molar-refractivity contribution is 6.27. The van der Waals surface area contributed by atoms with Crippen molar-refractivity contribution in [2.24, 2.45) is 0 Å². The fourth-order valence-electron chi connectivity index (χ4n) is 2.58. The lowest BCUT2D eigenvalue weighted by Crippen LogP contribution is -2.44. The highest BCUT2D eigenvalue weighted by Crippen LogP contribution is 2.37. The van der Waals surface area contributed by atoms with Crippen molar-refractivity contribution in [3.63, 3.8) is 0 Å². The number of hydrogen-bond donors (Lipinski definition) is 0. The summed E-state index contributed by atoms with van der Waals surface area (Å²) < 4.78 is 38.4. The Morgan fingerprint density at radius 3 is 2.48 bits per heavy atom. The molecule has 1 aromatic rings. The van der Waals surface area contributed by atoms with Crippen molar-refractivity contribution in [1.82, 2.24) is 4.90 Å². The number of carbonyl (C=O) groups excluding carboxylic acids is 1. The van der Waals surface area contributed by atoms with Crippen molar-refractivity contribution in [3.8, 4) is 0 Å². The van der Waals surface area contributed by atoms with Gasteiger partial charge in [0.1, 0.15) is 5.88 Å². The van der Waals surface area contributed by atoms with Gasteiger partial charge in [-0.25, -0.2) is 0 Å². The Hall–Kier alpha value is -1.23. The molecule has 115 valence electrons. The zero-order chi connectivity index (χ0) is 15.7. The lowest BCUT2D eigenvalue weighted by Gasteiger charge is -2.39. The maximum Gasteiger partial charge on any atom is 0.416 e. The Morgan fingerprint density at radius 1 is 1.33 bits per heavy atom. The van der Waals surface area contributed by atoms with E-state index >= 15 is 0 Å². The fourth-order valence-corrected chi connectivity index (χ4v) is 2.75. The van der Waals surface area contributed by atoms with Crippen LogP contribution in [-0.2, 0) is 16.4 Å². The zero-order valence-corrected chi connectivity index (χ0v) is 12.2. The Morgan fingerprint density at radius 2 is 1.95 bits per heavy atom. The molecule has 0 atom stereocenters. The van der Waals surface area contributed by atoms with Crippen LogP contribution in [-0.4, -0.2) is 29.8 Å². The molecule has 1 amide bonds. The molecule has 21 heavy (non-hydrogen) atoms. The molecule has 0 bridgehead atoms. The quantitative estimate of drug-likeness (QED) is 0.762. The van der Waals surface area contributed by atoms with E-state index in [1.165, 1.54) is 6.07 Å². The Labute approximate surface area is 126 Å². The van der Waals surface area contributed by atoms with E-state index in [0.717, 1.165) is 12.1 Å². The number of likely N-dealkylation sites (tertiary alicyclic amines) is 1. The number of benzene rings is 1. The average molecular weight is 319 g/mol. The van der Waals surface area contributed by atoms with Crippen LogP contribution in [0.2, 0.25) is 0 Å². The standard InChI is InChI=1S/C15H16ClF3NO/c1-14(5-7-20(8-6-14)13(21)10-16)11-3-2-4-12(9-11)15(17,18)19/h2-4,9H,1,5-8,10H2. The first kappa shape index (κ1) is 16.1. The summed E-state index contributed by atoms with van der Waals surface area (Å²) in [5, 5.41) is 0. The molecule has 0 N–H and O–H groups in total. The summed E-state index contributed by atoms with van der Waals surface area (Å²) in [7, 11) is 0. The van der Waals surface area contributed by atoms with E-state index in [4.69, 9.17) is 11.6 Å². The number of hydrogen-bond acceptors (Lipinski definition) is 1. The molecule has 1 aromatic carbocycles. The molecule has 0 saturated carbocycles. The highest BCUT2D eigenvalue weighted by Gasteiger charge is 2.36. The van der Waals surface area contributed by atoms with Crippen molar-refractivity contribution >= 4 is 17.5 Å². The number of nitrogens with zero attached hydrogens (tertiary/aromatic N) is 1. The summed E-state index contributed by atoms with van der Waals surface area (Å²) >= 11 is 5.51. The summed E-state index contributed by atoms with van der Waals surface area (Å²) in [5.41, 5.74) is -0.692. The van der Waals surface area contributed by atoms with Crippen molar-refractivity contribution in [1.29, 1.82) is 0 Å². The summed E-state index contributed by atoms with van der Waals surface area (Å²) in [6, 6.07) is 5.29. The molecule has 0 unspecified atom stereocenters. The van der Waals surface area contributed by atoms with E-state index in [2.05, 4.69) is 6.92 Å². The Bertz CT molecular complexity index is 522. The largest absolute Gasteiger partial charge is 0.416 e. The number of rotatable bonds is 2. The van der Waals surface area contributed by atoms with Gasteiger partial charge in [-0.05, 0) is 36.8 Å². The van der Waals surface area contributed by atoms with Crippen molar-refractivity contribution < 1.29 is 18.0 Å². The first-order valence-electron chi connectivity index (χ1n) is 6.63. The summed E-state index contributed by atoms with van der Waals surface area (Å²) in [4.78, 5) is 13.2. The molecule has 6 heteroatoms. The molecule has 2 nitrogen and oxygen atoms in total. The average Bonchev–Trinajstić information content (AvgIpc) is 2.46. The van der Waals surface area contributed by atoms with E-state index in [9.17, 15) is 18.0 Å². The number of amides is 1. The van der Waals surface area contributed by atoms with E-state index in [0.29, 0.717) is 31.5 Å². The molecule has 1 radical (unpaired) electrons. The first-order valence-corrected chi connectivity index (χ1v) is 7.16. The van der Waals surface area contributed by atoms with Gasteiger partial charge in [0.05, 0.1) is 5.56 Å². The zero-order valence-electron chi connectivity index (χ0n) is 11.4. The van der Waals surface area contributed by atoms with Gasteiger partial charge in [0, 0.05) is 13.1 Å². The molecule has 0 spiro atoms. The van der Waals surface area contributed by atoms with Gasteiger partial charge in [0.15, 0.2) is 0 Å². The van der Waals surface area contributed by atoms with Crippen LogP contribution >= 0.6 is 11.6 Å². The van der Waals surface area contributed by atoms with Gasteiger partial charge in [-0.3, -0.25) is 4.79 Å². The van der Waals surface area contributed by atoms with Gasteiger partial charge in [-0.1, -0.05) is 18.2 Å². The highest BCUT2D eigenvalue weighted by atomic mass is 35.5. The predicted octanol–water partition coefficient (Wildman–Crippen LogP) is 3.64. The summed E-state index contributed by atoms with van der Waals surface area (Å²) in [6.07, 6.45) is -3.31. The smallest absolute Gasteiger partial charge is 0.342 e. The molecular formula is C15H16ClF3NO. The van der Waals surface area contributed by atoms with Crippen LogP contribution in [0.3, 0.4) is 0 Å². The maximum atomic E-state index is 12.8. The van der Waals surface area contributed by atoms with Gasteiger partial charge >= 0.3 is 6.18 Å². The summed E-state index contributed by atoms with van der Waals surface area (Å²) in [5.74, 6) is -0.226. The number of piperidine rings is 1. The van der Waals surface area contributed by atoms with E-state index in [1.54, 1.807) is 11.0 Å². The molecular weight excluding hydrogens is 303 g/mol. The van der Waals surface area contributed by atoms with E-state index in [1.807, 2.05) is 0 Å². The summed E-state index contributed by atoms with van der Waals surface area (Å²) in [6.45, 7) is 5.03. The molecule has 1 aliphatic rings. The normalized spacial score (nSPS) is 18.6. The number of carbonyl (C=O) groups is 1. The monoisotopic (exact) mass is 318 g/mol. The van der Waals surface area contributed by atoms with Crippen LogP contribution < -0.4 is 0 Å². The SMILES string of the molecule is [CH2]C1(c2cccc(C(F)(F)F)c2)CCN(C(=O)CCl)CC1. The molecule has 1 heterocycles. The van der Waals surface area contributed by atoms with Crippen LogP contribution in [0, 0.1) is 6.92 Å². The second kappa shape index (κ2) is 5.87.